The molecule has 104 valence electrons. The summed E-state index contributed by atoms with van der Waals surface area (Å²) in [4.78, 5) is 14.5. The van der Waals surface area contributed by atoms with E-state index in [1.807, 2.05) is 18.2 Å². The first-order valence-corrected chi connectivity index (χ1v) is 7.37. The van der Waals surface area contributed by atoms with Gasteiger partial charge in [-0.05, 0) is 43.4 Å². The molecule has 4 heteroatoms. The number of rotatable bonds is 2. The van der Waals surface area contributed by atoms with Crippen molar-refractivity contribution in [3.8, 4) is 11.5 Å². The van der Waals surface area contributed by atoms with Crippen molar-refractivity contribution in [1.29, 1.82) is 0 Å². The van der Waals surface area contributed by atoms with E-state index >= 15 is 0 Å². The molecule has 0 amide bonds. The van der Waals surface area contributed by atoms with Gasteiger partial charge in [0.2, 0.25) is 6.08 Å². The second-order valence-corrected chi connectivity index (χ2v) is 6.07. The summed E-state index contributed by atoms with van der Waals surface area (Å²) in [7, 11) is 0. The summed E-state index contributed by atoms with van der Waals surface area (Å²) < 4.78 is 12.2. The Morgan fingerprint density at radius 3 is 2.45 bits per heavy atom. The Labute approximate surface area is 117 Å². The van der Waals surface area contributed by atoms with Gasteiger partial charge in [0.15, 0.2) is 11.5 Å². The molecule has 1 heterocycles. The number of hydrogen-bond acceptors (Lipinski definition) is 4. The van der Waals surface area contributed by atoms with Gasteiger partial charge in [0.25, 0.3) is 5.79 Å². The van der Waals surface area contributed by atoms with Crippen LogP contribution in [0.15, 0.2) is 23.2 Å². The summed E-state index contributed by atoms with van der Waals surface area (Å²) in [6, 6.07) is 5.94. The van der Waals surface area contributed by atoms with E-state index < -0.39 is 5.79 Å². The van der Waals surface area contributed by atoms with Crippen molar-refractivity contribution < 1.29 is 14.3 Å². The maximum atomic E-state index is 10.6. The quantitative estimate of drug-likeness (QED) is 0.611. The molecule has 2 aliphatic carbocycles. The van der Waals surface area contributed by atoms with Crippen LogP contribution in [-0.2, 0) is 10.3 Å². The summed E-state index contributed by atoms with van der Waals surface area (Å²) in [6.07, 6.45) is 8.99. The molecule has 0 radical (unpaired) electrons. The van der Waals surface area contributed by atoms with Crippen LogP contribution in [0.25, 0.3) is 0 Å². The highest BCUT2D eigenvalue weighted by Gasteiger charge is 2.47. The minimum atomic E-state index is -0.441. The molecule has 1 spiro atoms. The molecule has 2 fully saturated rings. The zero-order valence-corrected chi connectivity index (χ0v) is 11.4. The van der Waals surface area contributed by atoms with Crippen molar-refractivity contribution in [3.63, 3.8) is 0 Å². The number of carbonyl (C=O) groups excluding carboxylic acids is 1. The molecule has 0 N–H and O–H groups in total. The normalized spacial score (nSPS) is 24.2. The average molecular weight is 271 g/mol. The predicted octanol–water partition coefficient (Wildman–Crippen LogP) is 3.44. The number of isocyanates is 1. The molecular formula is C16H17NO3. The van der Waals surface area contributed by atoms with Gasteiger partial charge in [0.1, 0.15) is 0 Å². The Morgan fingerprint density at radius 1 is 1.00 bits per heavy atom. The first-order valence-electron chi connectivity index (χ1n) is 7.37. The average Bonchev–Trinajstić information content (AvgIpc) is 3.15. The molecule has 1 aliphatic heterocycles. The van der Waals surface area contributed by atoms with Crippen LogP contribution in [0, 0.1) is 0 Å². The summed E-state index contributed by atoms with van der Waals surface area (Å²) in [5, 5.41) is 0. The molecule has 20 heavy (non-hydrogen) atoms. The lowest BCUT2D eigenvalue weighted by Gasteiger charge is -2.31. The molecule has 0 unspecified atom stereocenters. The van der Waals surface area contributed by atoms with E-state index in [1.165, 1.54) is 6.42 Å². The summed E-state index contributed by atoms with van der Waals surface area (Å²) in [6.45, 7) is 0. The van der Waals surface area contributed by atoms with Crippen molar-refractivity contribution in [2.45, 2.75) is 56.3 Å². The maximum absolute atomic E-state index is 10.6. The highest BCUT2D eigenvalue weighted by Crippen LogP contribution is 2.53. The van der Waals surface area contributed by atoms with E-state index in [-0.39, 0.29) is 5.54 Å². The van der Waals surface area contributed by atoms with E-state index in [9.17, 15) is 4.79 Å². The molecule has 0 atom stereocenters. The lowest BCUT2D eigenvalue weighted by molar-refractivity contribution is -0.105. The lowest BCUT2D eigenvalue weighted by atomic mass is 9.94. The van der Waals surface area contributed by atoms with Crippen molar-refractivity contribution in [3.05, 3.63) is 23.8 Å². The first-order chi connectivity index (χ1) is 9.75. The molecular weight excluding hydrogens is 254 g/mol. The topological polar surface area (TPSA) is 47.9 Å². The highest BCUT2D eigenvalue weighted by molar-refractivity contribution is 5.50. The van der Waals surface area contributed by atoms with Gasteiger partial charge in [0.05, 0.1) is 5.54 Å². The molecule has 4 nitrogen and oxygen atoms in total. The van der Waals surface area contributed by atoms with Crippen LogP contribution < -0.4 is 9.47 Å². The van der Waals surface area contributed by atoms with Crippen molar-refractivity contribution >= 4 is 6.08 Å². The third-order valence-electron chi connectivity index (χ3n) is 4.67. The molecule has 2 saturated carbocycles. The van der Waals surface area contributed by atoms with Gasteiger partial charge in [0, 0.05) is 12.8 Å². The minimum Gasteiger partial charge on any atom is -0.448 e. The molecule has 0 saturated heterocycles. The Morgan fingerprint density at radius 2 is 1.75 bits per heavy atom. The van der Waals surface area contributed by atoms with Crippen LogP contribution in [0.3, 0.4) is 0 Å². The third kappa shape index (κ3) is 1.75. The van der Waals surface area contributed by atoms with Crippen LogP contribution in [-0.4, -0.2) is 11.9 Å². The maximum Gasteiger partial charge on any atom is 0.251 e. The molecule has 1 aromatic carbocycles. The van der Waals surface area contributed by atoms with Gasteiger partial charge >= 0.3 is 0 Å². The van der Waals surface area contributed by atoms with E-state index in [0.717, 1.165) is 55.6 Å². The Hall–Kier alpha value is -1.80. The summed E-state index contributed by atoms with van der Waals surface area (Å²) in [5.41, 5.74) is 0.693. The van der Waals surface area contributed by atoms with Crippen LogP contribution in [0.4, 0.5) is 0 Å². The van der Waals surface area contributed by atoms with Crippen LogP contribution in [0.2, 0.25) is 0 Å². The standard InChI is InChI=1S/C16H17NO3/c18-11-17-15(8-9-15)12-4-5-13-14(10-12)20-16(19-13)6-2-1-3-7-16/h4-5,10H,1-3,6-9H2. The monoisotopic (exact) mass is 271 g/mol. The highest BCUT2D eigenvalue weighted by atomic mass is 16.7. The SMILES string of the molecule is O=C=NC1(c2ccc3c(c2)OC2(CCCCC2)O3)CC1. The van der Waals surface area contributed by atoms with Crippen LogP contribution in [0.1, 0.15) is 50.5 Å². The van der Waals surface area contributed by atoms with Gasteiger partial charge in [-0.3, -0.25) is 0 Å². The molecule has 1 aromatic rings. The Balaban J connectivity index is 1.65. The first kappa shape index (κ1) is 12.0. The number of aliphatic imine (C=N–C) groups is 1. The number of fused-ring (bicyclic) bond motifs is 1. The second kappa shape index (κ2) is 4.10. The second-order valence-electron chi connectivity index (χ2n) is 6.07. The lowest BCUT2D eigenvalue weighted by Crippen LogP contribution is -2.40. The van der Waals surface area contributed by atoms with E-state index in [2.05, 4.69) is 4.99 Å². The van der Waals surface area contributed by atoms with Crippen LogP contribution in [0.5, 0.6) is 11.5 Å². The van der Waals surface area contributed by atoms with Gasteiger partial charge in [-0.15, -0.1) is 0 Å². The van der Waals surface area contributed by atoms with Crippen molar-refractivity contribution in [2.75, 3.05) is 0 Å². The number of benzene rings is 1. The number of hydrogen-bond donors (Lipinski definition) is 0. The zero-order valence-electron chi connectivity index (χ0n) is 11.4. The van der Waals surface area contributed by atoms with Gasteiger partial charge in [-0.2, -0.15) is 4.99 Å². The van der Waals surface area contributed by atoms with E-state index in [0.29, 0.717) is 0 Å². The largest absolute Gasteiger partial charge is 0.448 e. The zero-order chi connectivity index (χ0) is 13.6. The number of ether oxygens (including phenoxy) is 2. The molecule has 4 rings (SSSR count). The van der Waals surface area contributed by atoms with Gasteiger partial charge < -0.3 is 9.47 Å². The molecule has 0 bridgehead atoms. The molecule has 3 aliphatic rings. The minimum absolute atomic E-state index is 0.345. The van der Waals surface area contributed by atoms with Gasteiger partial charge in [-0.25, -0.2) is 4.79 Å². The molecule has 0 aromatic heterocycles. The fourth-order valence-electron chi connectivity index (χ4n) is 3.35. The smallest absolute Gasteiger partial charge is 0.251 e. The Bertz CT molecular complexity index is 594. The fourth-order valence-corrected chi connectivity index (χ4v) is 3.35. The summed E-state index contributed by atoms with van der Waals surface area (Å²) in [5.74, 6) is 1.18. The fraction of sp³-hybridized carbons (Fsp3) is 0.562. The van der Waals surface area contributed by atoms with E-state index in [1.54, 1.807) is 6.08 Å². The van der Waals surface area contributed by atoms with Crippen LogP contribution >= 0.6 is 0 Å². The van der Waals surface area contributed by atoms with Crippen molar-refractivity contribution in [2.24, 2.45) is 4.99 Å². The van der Waals surface area contributed by atoms with Gasteiger partial charge in [-0.1, -0.05) is 12.5 Å². The third-order valence-corrected chi connectivity index (χ3v) is 4.67. The van der Waals surface area contributed by atoms with E-state index in [4.69, 9.17) is 9.47 Å². The Kier molecular flexibility index (Phi) is 2.45. The summed E-state index contributed by atoms with van der Waals surface area (Å²) >= 11 is 0. The number of nitrogens with zero attached hydrogens (tertiary/aromatic N) is 1. The predicted molar refractivity (Wildman–Crippen MR) is 72.5 cm³/mol. The van der Waals surface area contributed by atoms with Crippen molar-refractivity contribution in [1.82, 2.24) is 0 Å².